The van der Waals surface area contributed by atoms with Gasteiger partial charge in [-0.25, -0.2) is 0 Å². The SMILES string of the molecule is N[C@@H](C[C@@H](Cc1ccccc1)NCc1ccc(Cl)cc1)C(=O)N1CCCCC1. The maximum absolute atomic E-state index is 12.8. The molecule has 2 aromatic rings. The first-order valence-electron chi connectivity index (χ1n) is 10.2. The number of benzene rings is 2. The molecule has 4 nitrogen and oxygen atoms in total. The highest BCUT2D eigenvalue weighted by molar-refractivity contribution is 6.30. The number of nitrogens with zero attached hydrogens (tertiary/aromatic N) is 1. The molecule has 1 aliphatic heterocycles. The summed E-state index contributed by atoms with van der Waals surface area (Å²) in [5.41, 5.74) is 8.75. The van der Waals surface area contributed by atoms with Gasteiger partial charge in [0.15, 0.2) is 0 Å². The summed E-state index contributed by atoms with van der Waals surface area (Å²) in [6.07, 6.45) is 4.84. The summed E-state index contributed by atoms with van der Waals surface area (Å²) in [7, 11) is 0. The van der Waals surface area contributed by atoms with Gasteiger partial charge in [0.2, 0.25) is 5.91 Å². The average molecular weight is 400 g/mol. The number of likely N-dealkylation sites (tertiary alicyclic amines) is 1. The summed E-state index contributed by atoms with van der Waals surface area (Å²) in [5, 5.41) is 4.33. The van der Waals surface area contributed by atoms with Crippen molar-refractivity contribution < 1.29 is 4.79 Å². The molecule has 1 saturated heterocycles. The molecule has 2 atom stereocenters. The minimum Gasteiger partial charge on any atom is -0.341 e. The Morgan fingerprint density at radius 3 is 2.36 bits per heavy atom. The fourth-order valence-corrected chi connectivity index (χ4v) is 3.88. The van der Waals surface area contributed by atoms with E-state index in [0.717, 1.165) is 43.9 Å². The second kappa shape index (κ2) is 10.6. The van der Waals surface area contributed by atoms with Crippen LogP contribution < -0.4 is 11.1 Å². The molecule has 0 saturated carbocycles. The molecule has 0 radical (unpaired) electrons. The Hall–Kier alpha value is -1.88. The summed E-state index contributed by atoms with van der Waals surface area (Å²) in [6.45, 7) is 2.40. The number of amides is 1. The fourth-order valence-electron chi connectivity index (χ4n) is 3.76. The van der Waals surface area contributed by atoms with Crippen molar-refractivity contribution in [2.75, 3.05) is 13.1 Å². The summed E-state index contributed by atoms with van der Waals surface area (Å²) < 4.78 is 0. The molecular formula is C23H30ClN3O. The number of hydrogen-bond acceptors (Lipinski definition) is 3. The minimum absolute atomic E-state index is 0.0889. The molecule has 0 bridgehead atoms. The van der Waals surface area contributed by atoms with E-state index in [0.29, 0.717) is 6.42 Å². The molecule has 0 aliphatic carbocycles. The molecule has 2 aromatic carbocycles. The lowest BCUT2D eigenvalue weighted by atomic mass is 9.98. The lowest BCUT2D eigenvalue weighted by Crippen LogP contribution is -2.49. The first-order valence-corrected chi connectivity index (χ1v) is 10.6. The Kier molecular flexibility index (Phi) is 7.90. The van der Waals surface area contributed by atoms with Crippen LogP contribution >= 0.6 is 11.6 Å². The number of hydrogen-bond donors (Lipinski definition) is 2. The first-order chi connectivity index (χ1) is 13.6. The summed E-state index contributed by atoms with van der Waals surface area (Å²) in [5.74, 6) is 0.0889. The highest BCUT2D eigenvalue weighted by Crippen LogP contribution is 2.14. The van der Waals surface area contributed by atoms with Gasteiger partial charge < -0.3 is 16.0 Å². The van der Waals surface area contributed by atoms with Gasteiger partial charge >= 0.3 is 0 Å². The third-order valence-corrected chi connectivity index (χ3v) is 5.61. The van der Waals surface area contributed by atoms with Gasteiger partial charge in [-0.2, -0.15) is 0 Å². The largest absolute Gasteiger partial charge is 0.341 e. The van der Waals surface area contributed by atoms with Crippen molar-refractivity contribution in [3.05, 3.63) is 70.7 Å². The topological polar surface area (TPSA) is 58.4 Å². The van der Waals surface area contributed by atoms with Crippen molar-refractivity contribution in [2.24, 2.45) is 5.73 Å². The van der Waals surface area contributed by atoms with Crippen molar-refractivity contribution in [1.29, 1.82) is 0 Å². The van der Waals surface area contributed by atoms with E-state index in [9.17, 15) is 4.79 Å². The Morgan fingerprint density at radius 1 is 1.00 bits per heavy atom. The molecule has 28 heavy (non-hydrogen) atoms. The van der Waals surface area contributed by atoms with E-state index >= 15 is 0 Å². The molecule has 0 aromatic heterocycles. The zero-order chi connectivity index (χ0) is 19.8. The molecular weight excluding hydrogens is 370 g/mol. The van der Waals surface area contributed by atoms with Gasteiger partial charge in [0, 0.05) is 30.7 Å². The molecule has 1 fully saturated rings. The maximum Gasteiger partial charge on any atom is 0.239 e. The zero-order valence-corrected chi connectivity index (χ0v) is 17.1. The molecule has 1 amide bonds. The summed E-state index contributed by atoms with van der Waals surface area (Å²) >= 11 is 5.98. The van der Waals surface area contributed by atoms with Crippen molar-refractivity contribution in [2.45, 2.75) is 50.7 Å². The number of carbonyl (C=O) groups is 1. The highest BCUT2D eigenvalue weighted by Gasteiger charge is 2.25. The number of carbonyl (C=O) groups excluding carboxylic acids is 1. The van der Waals surface area contributed by atoms with Crippen LogP contribution in [0.1, 0.15) is 36.8 Å². The monoisotopic (exact) mass is 399 g/mol. The van der Waals surface area contributed by atoms with Crippen molar-refractivity contribution in [3.63, 3.8) is 0 Å². The fraction of sp³-hybridized carbons (Fsp3) is 0.435. The van der Waals surface area contributed by atoms with Gasteiger partial charge in [-0.1, -0.05) is 54.1 Å². The van der Waals surface area contributed by atoms with Crippen LogP contribution in [0.2, 0.25) is 5.02 Å². The third kappa shape index (κ3) is 6.33. The van der Waals surface area contributed by atoms with E-state index in [-0.39, 0.29) is 11.9 Å². The normalized spacial score (nSPS) is 16.6. The predicted molar refractivity (Wildman–Crippen MR) is 115 cm³/mol. The van der Waals surface area contributed by atoms with Crippen LogP contribution in [-0.4, -0.2) is 36.0 Å². The average Bonchev–Trinajstić information content (AvgIpc) is 2.74. The number of rotatable bonds is 8. The standard InChI is InChI=1S/C23H30ClN3O/c24-20-11-9-19(10-12-20)17-26-21(15-18-7-3-1-4-8-18)16-22(25)23(28)27-13-5-2-6-14-27/h1,3-4,7-12,21-22,26H,2,5-6,13-17,25H2/t21-,22+/m1/s1. The van der Waals surface area contributed by atoms with Crippen LogP contribution in [0.15, 0.2) is 54.6 Å². The predicted octanol–water partition coefficient (Wildman–Crippen LogP) is 3.77. The summed E-state index contributed by atoms with van der Waals surface area (Å²) in [6, 6.07) is 17.9. The van der Waals surface area contributed by atoms with Crippen molar-refractivity contribution in [1.82, 2.24) is 10.2 Å². The highest BCUT2D eigenvalue weighted by atomic mass is 35.5. The van der Waals surface area contributed by atoms with Gasteiger partial charge in [0.25, 0.3) is 0 Å². The molecule has 3 N–H and O–H groups in total. The van der Waals surface area contributed by atoms with E-state index in [1.54, 1.807) is 0 Å². The number of nitrogens with one attached hydrogen (secondary N) is 1. The van der Waals surface area contributed by atoms with E-state index in [1.807, 2.05) is 47.4 Å². The number of piperidine rings is 1. The quantitative estimate of drug-likeness (QED) is 0.710. The Balaban J connectivity index is 1.62. The minimum atomic E-state index is -0.468. The van der Waals surface area contributed by atoms with Gasteiger partial charge in [-0.05, 0) is 55.4 Å². The molecule has 1 heterocycles. The molecule has 0 spiro atoms. The van der Waals surface area contributed by atoms with Crippen LogP contribution in [-0.2, 0) is 17.8 Å². The van der Waals surface area contributed by atoms with Gasteiger partial charge in [-0.3, -0.25) is 4.79 Å². The van der Waals surface area contributed by atoms with Gasteiger partial charge in [-0.15, -0.1) is 0 Å². The molecule has 150 valence electrons. The Labute approximate surface area is 173 Å². The van der Waals surface area contributed by atoms with E-state index in [2.05, 4.69) is 17.4 Å². The van der Waals surface area contributed by atoms with Crippen LogP contribution in [0, 0.1) is 0 Å². The lowest BCUT2D eigenvalue weighted by Gasteiger charge is -2.30. The van der Waals surface area contributed by atoms with E-state index in [4.69, 9.17) is 17.3 Å². The van der Waals surface area contributed by atoms with Crippen LogP contribution in [0.5, 0.6) is 0 Å². The second-order valence-electron chi connectivity index (χ2n) is 7.62. The first kappa shape index (κ1) is 20.8. The van der Waals surface area contributed by atoms with E-state index in [1.165, 1.54) is 17.5 Å². The van der Waals surface area contributed by atoms with Gasteiger partial charge in [0.05, 0.1) is 6.04 Å². The molecule has 1 aliphatic rings. The Bertz CT molecular complexity index is 729. The maximum atomic E-state index is 12.8. The third-order valence-electron chi connectivity index (χ3n) is 5.36. The Morgan fingerprint density at radius 2 is 1.68 bits per heavy atom. The van der Waals surface area contributed by atoms with Gasteiger partial charge in [0.1, 0.15) is 0 Å². The van der Waals surface area contributed by atoms with Crippen molar-refractivity contribution >= 4 is 17.5 Å². The summed E-state index contributed by atoms with van der Waals surface area (Å²) in [4.78, 5) is 14.7. The van der Waals surface area contributed by atoms with Crippen molar-refractivity contribution in [3.8, 4) is 0 Å². The van der Waals surface area contributed by atoms with Crippen LogP contribution in [0.4, 0.5) is 0 Å². The number of nitrogens with two attached hydrogens (primary N) is 1. The smallest absolute Gasteiger partial charge is 0.239 e. The van der Waals surface area contributed by atoms with Crippen LogP contribution in [0.3, 0.4) is 0 Å². The molecule has 5 heteroatoms. The lowest BCUT2D eigenvalue weighted by molar-refractivity contribution is -0.133. The van der Waals surface area contributed by atoms with Crippen LogP contribution in [0.25, 0.3) is 0 Å². The molecule has 0 unspecified atom stereocenters. The molecule has 3 rings (SSSR count). The second-order valence-corrected chi connectivity index (χ2v) is 8.06. The number of halogens is 1. The van der Waals surface area contributed by atoms with E-state index < -0.39 is 6.04 Å². The zero-order valence-electron chi connectivity index (χ0n) is 16.3.